The summed E-state index contributed by atoms with van der Waals surface area (Å²) >= 11 is 0. The summed E-state index contributed by atoms with van der Waals surface area (Å²) in [4.78, 5) is 11.4. The molecule has 2 aliphatic carbocycles. The highest BCUT2D eigenvalue weighted by Crippen LogP contribution is 2.38. The zero-order valence-corrected chi connectivity index (χ0v) is 11.7. The predicted molar refractivity (Wildman–Crippen MR) is 74.6 cm³/mol. The van der Waals surface area contributed by atoms with Gasteiger partial charge in [0.1, 0.15) is 5.78 Å². The fraction of sp³-hybridized carbons (Fsp3) is 0.923. The summed E-state index contributed by atoms with van der Waals surface area (Å²) in [5, 5.41) is 0. The molecular weight excluding hydrogens is 214 g/mol. The minimum Gasteiger partial charge on any atom is -0.333 e. The number of carbonyl (C=O) groups excluding carboxylic acids is 1. The summed E-state index contributed by atoms with van der Waals surface area (Å²) in [5.41, 5.74) is 13.5. The number of nitrogens with two attached hydrogens (primary N) is 3. The molecule has 0 saturated heterocycles. The van der Waals surface area contributed by atoms with Crippen LogP contribution >= 0.6 is 0 Å². The Morgan fingerprint density at radius 1 is 0.824 bits per heavy atom. The third kappa shape index (κ3) is 6.76. The van der Waals surface area contributed by atoms with E-state index in [1.807, 2.05) is 0 Å². The Labute approximate surface area is 106 Å². The Morgan fingerprint density at radius 3 is 1.82 bits per heavy atom. The van der Waals surface area contributed by atoms with Gasteiger partial charge in [0.15, 0.2) is 0 Å². The summed E-state index contributed by atoms with van der Waals surface area (Å²) < 4.78 is 0. The number of hydrogen-bond donors (Lipinski definition) is 3. The highest BCUT2D eigenvalue weighted by molar-refractivity contribution is 5.82. The minimum absolute atomic E-state index is 0.484. The van der Waals surface area contributed by atoms with Crippen LogP contribution in [0.2, 0.25) is 0 Å². The van der Waals surface area contributed by atoms with Crippen molar-refractivity contribution in [1.29, 1.82) is 0 Å². The number of hydrogen-bond acceptors (Lipinski definition) is 4. The second-order valence-electron chi connectivity index (χ2n) is 4.01. The average Bonchev–Trinajstić information content (AvgIpc) is 2.46. The van der Waals surface area contributed by atoms with Crippen LogP contribution in [0, 0.1) is 11.8 Å². The van der Waals surface area contributed by atoms with Crippen molar-refractivity contribution in [3.63, 3.8) is 0 Å². The van der Waals surface area contributed by atoms with Gasteiger partial charge in [-0.3, -0.25) is 4.79 Å². The monoisotopic (exact) mass is 245 g/mol. The van der Waals surface area contributed by atoms with Crippen LogP contribution < -0.4 is 17.2 Å². The van der Waals surface area contributed by atoms with Crippen LogP contribution in [-0.4, -0.2) is 26.9 Å². The van der Waals surface area contributed by atoms with Gasteiger partial charge >= 0.3 is 0 Å². The van der Waals surface area contributed by atoms with Gasteiger partial charge in [0, 0.05) is 12.3 Å². The largest absolute Gasteiger partial charge is 0.333 e. The quantitative estimate of drug-likeness (QED) is 0.599. The van der Waals surface area contributed by atoms with E-state index in [-0.39, 0.29) is 0 Å². The lowest BCUT2D eigenvalue weighted by Gasteiger charge is -2.33. The van der Waals surface area contributed by atoms with E-state index in [0.717, 1.165) is 12.3 Å². The number of rotatable bonds is 0. The van der Waals surface area contributed by atoms with Gasteiger partial charge in [-0.1, -0.05) is 12.8 Å². The van der Waals surface area contributed by atoms with Crippen molar-refractivity contribution in [3.8, 4) is 0 Å². The van der Waals surface area contributed by atoms with Gasteiger partial charge in [0.2, 0.25) is 0 Å². The molecule has 2 fully saturated rings. The predicted octanol–water partition coefficient (Wildman–Crippen LogP) is 1.27. The van der Waals surface area contributed by atoms with Crippen molar-refractivity contribution < 1.29 is 4.79 Å². The van der Waals surface area contributed by atoms with Crippen molar-refractivity contribution in [2.24, 2.45) is 29.0 Å². The second-order valence-corrected chi connectivity index (χ2v) is 4.01. The van der Waals surface area contributed by atoms with Crippen molar-refractivity contribution in [1.82, 2.24) is 0 Å². The summed E-state index contributed by atoms with van der Waals surface area (Å²) in [7, 11) is 4.50. The lowest BCUT2D eigenvalue weighted by molar-refractivity contribution is -0.127. The average molecular weight is 245 g/mol. The van der Waals surface area contributed by atoms with E-state index in [2.05, 4.69) is 17.2 Å². The normalized spacial score (nSPS) is 25.9. The Kier molecular flexibility index (Phi) is 15.1. The molecule has 0 amide bonds. The molecular formula is C13H31N3O. The van der Waals surface area contributed by atoms with Crippen LogP contribution in [-0.2, 0) is 4.79 Å². The number of fused-ring (bicyclic) bond motifs is 1. The lowest BCUT2D eigenvalue weighted by Crippen LogP contribution is -2.30. The molecule has 2 unspecified atom stereocenters. The van der Waals surface area contributed by atoms with Gasteiger partial charge in [-0.25, -0.2) is 0 Å². The van der Waals surface area contributed by atoms with Crippen molar-refractivity contribution in [2.75, 3.05) is 21.1 Å². The highest BCUT2D eigenvalue weighted by atomic mass is 16.1. The Bertz CT molecular complexity index is 172. The second kappa shape index (κ2) is 13.6. The molecule has 17 heavy (non-hydrogen) atoms. The molecule has 104 valence electrons. The molecule has 4 nitrogen and oxygen atoms in total. The topological polar surface area (TPSA) is 95.1 Å². The van der Waals surface area contributed by atoms with Gasteiger partial charge in [0.05, 0.1) is 0 Å². The molecule has 0 aromatic heterocycles. The molecule has 0 spiro atoms. The third-order valence-corrected chi connectivity index (χ3v) is 3.32. The zero-order chi connectivity index (χ0) is 13.7. The van der Waals surface area contributed by atoms with Gasteiger partial charge in [-0.15, -0.1) is 0 Å². The number of Topliss-reactive ketones (excluding diaryl/α,β-unsaturated/α-hetero) is 1. The molecule has 0 aromatic carbocycles. The van der Waals surface area contributed by atoms with Gasteiger partial charge in [-0.05, 0) is 52.7 Å². The Morgan fingerprint density at radius 2 is 1.29 bits per heavy atom. The van der Waals surface area contributed by atoms with Gasteiger partial charge < -0.3 is 17.2 Å². The number of ketones is 1. The molecule has 2 aliphatic rings. The first-order valence-electron chi connectivity index (χ1n) is 6.64. The molecule has 0 bridgehead atoms. The maximum atomic E-state index is 11.4. The molecule has 2 rings (SSSR count). The standard InChI is InChI=1S/C10H16O.3CH5N/c11-10-7-3-5-8-4-1-2-6-9(8)10;3*1-2/h8-9H,1-7H2;3*2H2,1H3. The van der Waals surface area contributed by atoms with E-state index in [1.54, 1.807) is 0 Å². The van der Waals surface area contributed by atoms with Crippen molar-refractivity contribution >= 4 is 5.78 Å². The van der Waals surface area contributed by atoms with E-state index in [4.69, 9.17) is 0 Å². The van der Waals surface area contributed by atoms with E-state index in [9.17, 15) is 4.79 Å². The molecule has 0 heterocycles. The number of carbonyl (C=O) groups is 1. The SMILES string of the molecule is CN.CN.CN.O=C1CCCC2CCCCC12. The molecule has 0 radical (unpaired) electrons. The molecule has 0 aliphatic heterocycles. The van der Waals surface area contributed by atoms with Gasteiger partial charge in [-0.2, -0.15) is 0 Å². The highest BCUT2D eigenvalue weighted by Gasteiger charge is 2.32. The van der Waals surface area contributed by atoms with Crippen LogP contribution in [0.15, 0.2) is 0 Å². The fourth-order valence-electron chi connectivity index (χ4n) is 2.70. The van der Waals surface area contributed by atoms with Crippen molar-refractivity contribution in [2.45, 2.75) is 44.9 Å². The van der Waals surface area contributed by atoms with Gasteiger partial charge in [0.25, 0.3) is 0 Å². The molecule has 6 N–H and O–H groups in total. The first kappa shape index (κ1) is 18.9. The summed E-state index contributed by atoms with van der Waals surface area (Å²) in [6, 6.07) is 0. The van der Waals surface area contributed by atoms with E-state index in [1.165, 1.54) is 59.7 Å². The molecule has 2 atom stereocenters. The van der Waals surface area contributed by atoms with Crippen LogP contribution in [0.1, 0.15) is 44.9 Å². The van der Waals surface area contributed by atoms with Crippen LogP contribution in [0.4, 0.5) is 0 Å². The smallest absolute Gasteiger partial charge is 0.136 e. The first-order chi connectivity index (χ1) is 8.38. The Hall–Kier alpha value is -0.450. The summed E-state index contributed by atoms with van der Waals surface area (Å²) in [5.74, 6) is 1.84. The molecule has 2 saturated carbocycles. The van der Waals surface area contributed by atoms with E-state index >= 15 is 0 Å². The van der Waals surface area contributed by atoms with Crippen molar-refractivity contribution in [3.05, 3.63) is 0 Å². The summed E-state index contributed by atoms with van der Waals surface area (Å²) in [6.45, 7) is 0. The zero-order valence-electron chi connectivity index (χ0n) is 11.7. The van der Waals surface area contributed by atoms with E-state index < -0.39 is 0 Å². The molecule has 4 heteroatoms. The maximum Gasteiger partial charge on any atom is 0.136 e. The molecule has 0 aromatic rings. The first-order valence-corrected chi connectivity index (χ1v) is 6.64. The van der Waals surface area contributed by atoms with Crippen LogP contribution in [0.3, 0.4) is 0 Å². The lowest BCUT2D eigenvalue weighted by atomic mass is 9.70. The minimum atomic E-state index is 0.484. The van der Waals surface area contributed by atoms with Crippen LogP contribution in [0.25, 0.3) is 0 Å². The van der Waals surface area contributed by atoms with Crippen LogP contribution in [0.5, 0.6) is 0 Å². The Balaban J connectivity index is 0. The maximum absolute atomic E-state index is 11.4. The summed E-state index contributed by atoms with van der Waals surface area (Å²) in [6.07, 6.45) is 8.57. The third-order valence-electron chi connectivity index (χ3n) is 3.32. The van der Waals surface area contributed by atoms with E-state index in [0.29, 0.717) is 11.7 Å². The fourth-order valence-corrected chi connectivity index (χ4v) is 2.70.